The van der Waals surface area contributed by atoms with Gasteiger partial charge in [-0.3, -0.25) is 0 Å². The van der Waals surface area contributed by atoms with Crippen molar-refractivity contribution in [2.24, 2.45) is 0 Å². The largest absolute Gasteiger partial charge is 0.499 e. The number of hydrogen-bond acceptors (Lipinski definition) is 4. The molecule has 0 aromatic heterocycles. The van der Waals surface area contributed by atoms with Crippen LogP contribution in [0.15, 0.2) is 12.8 Å². The predicted octanol–water partition coefficient (Wildman–Crippen LogP) is 5.51. The van der Waals surface area contributed by atoms with Crippen molar-refractivity contribution in [3.8, 4) is 0 Å². The molecule has 0 fully saturated rings. The average molecular weight is 359 g/mol. The molecule has 0 aliphatic rings. The maximum absolute atomic E-state index is 5.58. The second-order valence-corrected chi connectivity index (χ2v) is 6.41. The fourth-order valence-corrected chi connectivity index (χ4v) is 2.60. The van der Waals surface area contributed by atoms with E-state index in [-0.39, 0.29) is 0 Å². The van der Waals surface area contributed by atoms with Gasteiger partial charge >= 0.3 is 0 Å². The van der Waals surface area contributed by atoms with Crippen LogP contribution in [0.1, 0.15) is 77.6 Å². The number of ether oxygens (including phenoxy) is 4. The standard InChI is InChI=1S/C21H42O4/c1-3-5-6-7-8-9-10-11-12-13-14-15-23-18-19-25-21-20-24-17-16-22-4-2/h4H,2-3,5-21H2,1H3. The Hall–Kier alpha value is -0.580. The first-order chi connectivity index (χ1) is 12.4. The molecule has 0 amide bonds. The van der Waals surface area contributed by atoms with Gasteiger partial charge in [-0.15, -0.1) is 0 Å². The van der Waals surface area contributed by atoms with E-state index in [0.29, 0.717) is 39.6 Å². The molecule has 0 aromatic carbocycles. The lowest BCUT2D eigenvalue weighted by molar-refractivity contribution is 0.00608. The van der Waals surface area contributed by atoms with Crippen LogP contribution in [0, 0.1) is 0 Å². The molecule has 0 heterocycles. The summed E-state index contributed by atoms with van der Waals surface area (Å²) in [5.74, 6) is 0. The Labute approximate surface area is 156 Å². The van der Waals surface area contributed by atoms with Crippen LogP contribution in [-0.4, -0.2) is 46.2 Å². The lowest BCUT2D eigenvalue weighted by Gasteiger charge is -2.07. The molecule has 0 saturated carbocycles. The van der Waals surface area contributed by atoms with Crippen LogP contribution in [-0.2, 0) is 18.9 Å². The van der Waals surface area contributed by atoms with Crippen LogP contribution in [0.3, 0.4) is 0 Å². The van der Waals surface area contributed by atoms with Crippen LogP contribution >= 0.6 is 0 Å². The second-order valence-electron chi connectivity index (χ2n) is 6.41. The highest BCUT2D eigenvalue weighted by molar-refractivity contribution is 4.48. The minimum absolute atomic E-state index is 0.547. The van der Waals surface area contributed by atoms with Gasteiger partial charge in [0.25, 0.3) is 0 Å². The van der Waals surface area contributed by atoms with E-state index in [1.165, 1.54) is 76.9 Å². The second kappa shape index (κ2) is 23.4. The van der Waals surface area contributed by atoms with Crippen molar-refractivity contribution in [3.63, 3.8) is 0 Å². The van der Waals surface area contributed by atoms with Crippen molar-refractivity contribution in [1.82, 2.24) is 0 Å². The van der Waals surface area contributed by atoms with E-state index in [0.717, 1.165) is 6.61 Å². The summed E-state index contributed by atoms with van der Waals surface area (Å²) in [4.78, 5) is 0. The molecular formula is C21H42O4. The van der Waals surface area contributed by atoms with Gasteiger partial charge in [0, 0.05) is 6.61 Å². The lowest BCUT2D eigenvalue weighted by atomic mass is 10.1. The van der Waals surface area contributed by atoms with E-state index in [9.17, 15) is 0 Å². The molecule has 0 bridgehead atoms. The molecule has 0 radical (unpaired) electrons. The topological polar surface area (TPSA) is 36.9 Å². The molecule has 0 spiro atoms. The van der Waals surface area contributed by atoms with Crippen LogP contribution in [0.25, 0.3) is 0 Å². The Balaban J connectivity index is 2.95. The van der Waals surface area contributed by atoms with Crippen molar-refractivity contribution in [2.45, 2.75) is 77.6 Å². The van der Waals surface area contributed by atoms with E-state index in [2.05, 4.69) is 13.5 Å². The molecule has 150 valence electrons. The van der Waals surface area contributed by atoms with E-state index in [1.54, 1.807) is 0 Å². The highest BCUT2D eigenvalue weighted by Gasteiger charge is 1.94. The monoisotopic (exact) mass is 358 g/mol. The third-order valence-electron chi connectivity index (χ3n) is 4.10. The molecule has 0 rings (SSSR count). The fourth-order valence-electron chi connectivity index (χ4n) is 2.60. The predicted molar refractivity (Wildman–Crippen MR) is 105 cm³/mol. The van der Waals surface area contributed by atoms with E-state index in [1.807, 2.05) is 0 Å². The number of rotatable bonds is 22. The Morgan fingerprint density at radius 2 is 0.920 bits per heavy atom. The first kappa shape index (κ1) is 24.4. The molecule has 0 atom stereocenters. The summed E-state index contributed by atoms with van der Waals surface area (Å²) < 4.78 is 21.3. The summed E-state index contributed by atoms with van der Waals surface area (Å²) in [6.45, 7) is 10.2. The van der Waals surface area contributed by atoms with Gasteiger partial charge < -0.3 is 18.9 Å². The summed E-state index contributed by atoms with van der Waals surface area (Å²) >= 11 is 0. The fraction of sp³-hybridized carbons (Fsp3) is 0.905. The molecule has 4 nitrogen and oxygen atoms in total. The van der Waals surface area contributed by atoms with E-state index >= 15 is 0 Å². The van der Waals surface area contributed by atoms with Gasteiger partial charge in [-0.2, -0.15) is 0 Å². The SMILES string of the molecule is C=COCCOCCOCCOCCCCCCCCCCCCC. The van der Waals surface area contributed by atoms with Gasteiger partial charge in [-0.05, 0) is 6.42 Å². The first-order valence-corrected chi connectivity index (χ1v) is 10.4. The molecule has 0 unspecified atom stereocenters. The third kappa shape index (κ3) is 23.4. The van der Waals surface area contributed by atoms with Crippen molar-refractivity contribution < 1.29 is 18.9 Å². The van der Waals surface area contributed by atoms with Gasteiger partial charge in [0.15, 0.2) is 0 Å². The minimum atomic E-state index is 0.547. The minimum Gasteiger partial charge on any atom is -0.499 e. The Morgan fingerprint density at radius 3 is 1.40 bits per heavy atom. The lowest BCUT2D eigenvalue weighted by Crippen LogP contribution is -2.11. The summed E-state index contributed by atoms with van der Waals surface area (Å²) in [5, 5.41) is 0. The molecule has 0 aliphatic carbocycles. The summed E-state index contributed by atoms with van der Waals surface area (Å²) in [6, 6.07) is 0. The van der Waals surface area contributed by atoms with Crippen LogP contribution in [0.5, 0.6) is 0 Å². The first-order valence-electron chi connectivity index (χ1n) is 10.4. The van der Waals surface area contributed by atoms with Gasteiger partial charge in [-0.1, -0.05) is 77.7 Å². The van der Waals surface area contributed by atoms with E-state index < -0.39 is 0 Å². The Morgan fingerprint density at radius 1 is 0.520 bits per heavy atom. The zero-order chi connectivity index (χ0) is 18.3. The zero-order valence-electron chi connectivity index (χ0n) is 16.6. The number of hydrogen-bond donors (Lipinski definition) is 0. The van der Waals surface area contributed by atoms with Gasteiger partial charge in [-0.25, -0.2) is 0 Å². The summed E-state index contributed by atoms with van der Waals surface area (Å²) in [7, 11) is 0. The molecule has 25 heavy (non-hydrogen) atoms. The number of unbranched alkanes of at least 4 members (excludes halogenated alkanes) is 10. The van der Waals surface area contributed by atoms with Crippen molar-refractivity contribution in [1.29, 1.82) is 0 Å². The quantitative estimate of drug-likeness (QED) is 0.189. The summed E-state index contributed by atoms with van der Waals surface area (Å²) in [5.41, 5.74) is 0. The normalized spacial score (nSPS) is 10.9. The third-order valence-corrected chi connectivity index (χ3v) is 4.10. The average Bonchev–Trinajstić information content (AvgIpc) is 2.63. The van der Waals surface area contributed by atoms with Crippen LogP contribution in [0.2, 0.25) is 0 Å². The molecule has 0 aliphatic heterocycles. The maximum Gasteiger partial charge on any atom is 0.111 e. The highest BCUT2D eigenvalue weighted by Crippen LogP contribution is 2.11. The molecule has 0 saturated heterocycles. The van der Waals surface area contributed by atoms with Crippen molar-refractivity contribution in [2.75, 3.05) is 46.2 Å². The van der Waals surface area contributed by atoms with Crippen molar-refractivity contribution >= 4 is 0 Å². The molecule has 0 aromatic rings. The molecule has 4 heteroatoms. The zero-order valence-corrected chi connectivity index (χ0v) is 16.6. The van der Waals surface area contributed by atoms with Crippen LogP contribution < -0.4 is 0 Å². The Kier molecular flexibility index (Phi) is 22.9. The Bertz CT molecular complexity index is 246. The smallest absolute Gasteiger partial charge is 0.111 e. The maximum atomic E-state index is 5.58. The van der Waals surface area contributed by atoms with Gasteiger partial charge in [0.05, 0.1) is 39.3 Å². The van der Waals surface area contributed by atoms with Gasteiger partial charge in [0.1, 0.15) is 6.61 Å². The summed E-state index contributed by atoms with van der Waals surface area (Å²) in [6.07, 6.45) is 16.5. The van der Waals surface area contributed by atoms with Gasteiger partial charge in [0.2, 0.25) is 0 Å². The van der Waals surface area contributed by atoms with Crippen LogP contribution in [0.4, 0.5) is 0 Å². The highest BCUT2D eigenvalue weighted by atomic mass is 16.6. The van der Waals surface area contributed by atoms with E-state index in [4.69, 9.17) is 18.9 Å². The molecule has 0 N–H and O–H groups in total. The van der Waals surface area contributed by atoms with Crippen molar-refractivity contribution in [3.05, 3.63) is 12.8 Å². The molecular weight excluding hydrogens is 316 g/mol.